The molecule has 0 atom stereocenters. The summed E-state index contributed by atoms with van der Waals surface area (Å²) < 4.78 is 6.01. The van der Waals surface area contributed by atoms with Gasteiger partial charge in [0.25, 0.3) is 0 Å². The Morgan fingerprint density at radius 2 is 1.57 bits per heavy atom. The lowest BCUT2D eigenvalue weighted by molar-refractivity contribution is 0.474. The van der Waals surface area contributed by atoms with E-state index in [1.807, 2.05) is 66.7 Å². The fourth-order valence-corrected chi connectivity index (χ4v) is 4.23. The largest absolute Gasteiger partial charge is 0.507 e. The quantitative estimate of drug-likeness (QED) is 0.272. The van der Waals surface area contributed by atoms with Crippen molar-refractivity contribution >= 4 is 33.8 Å². The summed E-state index contributed by atoms with van der Waals surface area (Å²) in [4.78, 5) is 9.29. The zero-order valence-corrected chi connectivity index (χ0v) is 18.9. The molecule has 1 aromatic heterocycles. The third-order valence-electron chi connectivity index (χ3n) is 6.06. The number of nitrogens with zero attached hydrogens (tertiary/aromatic N) is 2. The summed E-state index contributed by atoms with van der Waals surface area (Å²) >= 11 is 0. The van der Waals surface area contributed by atoms with Crippen LogP contribution in [0.4, 0.5) is 5.69 Å². The van der Waals surface area contributed by atoms with E-state index in [9.17, 15) is 5.11 Å². The van der Waals surface area contributed by atoms with E-state index in [2.05, 4.69) is 41.4 Å². The Morgan fingerprint density at radius 3 is 2.46 bits per heavy atom. The molecule has 1 N–H and O–H groups in total. The summed E-state index contributed by atoms with van der Waals surface area (Å²) in [7, 11) is 0. The summed E-state index contributed by atoms with van der Waals surface area (Å²) in [6.07, 6.45) is 2.49. The Hall–Kier alpha value is -4.70. The first-order chi connectivity index (χ1) is 17.2. The molecule has 0 aliphatic carbocycles. The minimum absolute atomic E-state index is 0.201. The lowest BCUT2D eigenvalue weighted by Crippen LogP contribution is -1.91. The minimum atomic E-state index is 0.201. The molecule has 0 fully saturated rings. The van der Waals surface area contributed by atoms with Crippen LogP contribution in [0.3, 0.4) is 0 Å². The first-order valence-electron chi connectivity index (χ1n) is 11.5. The van der Waals surface area contributed by atoms with Crippen LogP contribution in [0.25, 0.3) is 33.3 Å². The Morgan fingerprint density at radius 1 is 0.743 bits per heavy atom. The molecule has 1 heterocycles. The maximum absolute atomic E-state index is 10.3. The third-order valence-corrected chi connectivity index (χ3v) is 6.06. The maximum atomic E-state index is 10.3. The summed E-state index contributed by atoms with van der Waals surface area (Å²) in [6.45, 7) is 0. The molecular weight excluding hydrogens is 432 g/mol. The van der Waals surface area contributed by atoms with Gasteiger partial charge < -0.3 is 9.52 Å². The number of phenolic OH excluding ortho intramolecular Hbond substituents is 1. The highest BCUT2D eigenvalue weighted by atomic mass is 16.3. The van der Waals surface area contributed by atoms with Gasteiger partial charge in [0.15, 0.2) is 5.58 Å². The van der Waals surface area contributed by atoms with Gasteiger partial charge in [-0.3, -0.25) is 4.99 Å². The van der Waals surface area contributed by atoms with Gasteiger partial charge in [0, 0.05) is 17.3 Å². The Labute approximate surface area is 202 Å². The number of oxazole rings is 1. The highest BCUT2D eigenvalue weighted by molar-refractivity contribution is 5.89. The summed E-state index contributed by atoms with van der Waals surface area (Å²) in [6, 6.07) is 36.0. The second kappa shape index (κ2) is 8.92. The van der Waals surface area contributed by atoms with E-state index in [-0.39, 0.29) is 5.75 Å². The number of aromatic hydroxyl groups is 1. The van der Waals surface area contributed by atoms with Gasteiger partial charge in [0.1, 0.15) is 11.3 Å². The van der Waals surface area contributed by atoms with Gasteiger partial charge in [0.05, 0.1) is 5.69 Å². The third kappa shape index (κ3) is 4.42. The van der Waals surface area contributed by atoms with Gasteiger partial charge in [-0.25, -0.2) is 4.98 Å². The van der Waals surface area contributed by atoms with Crippen LogP contribution in [0.1, 0.15) is 16.7 Å². The number of rotatable bonds is 5. The normalized spacial score (nSPS) is 11.5. The highest BCUT2D eigenvalue weighted by Gasteiger charge is 2.10. The molecule has 4 nitrogen and oxygen atoms in total. The number of aromatic nitrogens is 1. The number of phenols is 1. The van der Waals surface area contributed by atoms with Crippen molar-refractivity contribution in [3.05, 3.63) is 126 Å². The van der Waals surface area contributed by atoms with E-state index in [1.54, 1.807) is 12.3 Å². The van der Waals surface area contributed by atoms with Crippen molar-refractivity contribution in [3.8, 4) is 17.2 Å². The van der Waals surface area contributed by atoms with E-state index < -0.39 is 0 Å². The van der Waals surface area contributed by atoms with Crippen molar-refractivity contribution < 1.29 is 9.52 Å². The second-order valence-electron chi connectivity index (χ2n) is 8.55. The maximum Gasteiger partial charge on any atom is 0.227 e. The van der Waals surface area contributed by atoms with Crippen molar-refractivity contribution in [2.45, 2.75) is 6.42 Å². The lowest BCUT2D eigenvalue weighted by atomic mass is 10.0. The molecule has 0 saturated heterocycles. The standard InChI is InChI=1S/C31H22N2O2/c34-29-14-10-22(16-21-6-2-1-3-7-21)17-26(29)20-32-27-13-15-30-28(19-27)33-31(35-30)25-12-11-23-8-4-5-9-24(23)18-25/h1-15,17-20,34H,16H2. The predicted octanol–water partition coefficient (Wildman–Crippen LogP) is 7.70. The van der Waals surface area contributed by atoms with E-state index in [4.69, 9.17) is 9.40 Å². The topological polar surface area (TPSA) is 58.6 Å². The predicted molar refractivity (Wildman–Crippen MR) is 142 cm³/mol. The van der Waals surface area contributed by atoms with Gasteiger partial charge in [-0.1, -0.05) is 66.7 Å². The fourth-order valence-electron chi connectivity index (χ4n) is 4.23. The number of benzene rings is 5. The molecule has 6 rings (SSSR count). The Balaban J connectivity index is 1.27. The molecule has 35 heavy (non-hydrogen) atoms. The molecule has 0 unspecified atom stereocenters. The average molecular weight is 455 g/mol. The molecule has 0 aliphatic rings. The van der Waals surface area contributed by atoms with E-state index in [0.29, 0.717) is 17.0 Å². The summed E-state index contributed by atoms with van der Waals surface area (Å²) in [5.74, 6) is 0.782. The van der Waals surface area contributed by atoms with Gasteiger partial charge in [0.2, 0.25) is 5.89 Å². The molecule has 0 aliphatic heterocycles. The van der Waals surface area contributed by atoms with Gasteiger partial charge in [-0.05, 0) is 70.8 Å². The van der Waals surface area contributed by atoms with Crippen LogP contribution in [-0.4, -0.2) is 16.3 Å². The molecule has 0 radical (unpaired) electrons. The van der Waals surface area contributed by atoms with E-state index in [0.717, 1.165) is 34.1 Å². The van der Waals surface area contributed by atoms with Crippen LogP contribution in [0, 0.1) is 0 Å². The first kappa shape index (κ1) is 20.9. The molecular formula is C31H22N2O2. The van der Waals surface area contributed by atoms with Gasteiger partial charge >= 0.3 is 0 Å². The van der Waals surface area contributed by atoms with Gasteiger partial charge in [-0.15, -0.1) is 0 Å². The Kier molecular flexibility index (Phi) is 5.32. The molecule has 6 aromatic rings. The SMILES string of the molecule is Oc1ccc(Cc2ccccc2)cc1C=Nc1ccc2oc(-c3ccc4ccccc4c3)nc2c1. The molecule has 5 aromatic carbocycles. The molecule has 0 amide bonds. The minimum Gasteiger partial charge on any atom is -0.507 e. The van der Waals surface area contributed by atoms with Crippen LogP contribution < -0.4 is 0 Å². The molecule has 0 saturated carbocycles. The summed E-state index contributed by atoms with van der Waals surface area (Å²) in [5, 5.41) is 12.7. The van der Waals surface area contributed by atoms with E-state index in [1.165, 1.54) is 10.9 Å². The number of aliphatic imine (C=N–C) groups is 1. The van der Waals surface area contributed by atoms with Crippen LogP contribution in [0.5, 0.6) is 5.75 Å². The van der Waals surface area contributed by atoms with Crippen molar-refractivity contribution in [1.29, 1.82) is 0 Å². The first-order valence-corrected chi connectivity index (χ1v) is 11.5. The van der Waals surface area contributed by atoms with Crippen LogP contribution in [0.2, 0.25) is 0 Å². The number of hydrogen-bond donors (Lipinski definition) is 1. The summed E-state index contributed by atoms with van der Waals surface area (Å²) in [5.41, 5.74) is 6.14. The Bertz CT molecular complexity index is 1680. The van der Waals surface area contributed by atoms with Gasteiger partial charge in [-0.2, -0.15) is 0 Å². The van der Waals surface area contributed by atoms with E-state index >= 15 is 0 Å². The number of fused-ring (bicyclic) bond motifs is 2. The fraction of sp³-hybridized carbons (Fsp3) is 0.0323. The highest BCUT2D eigenvalue weighted by Crippen LogP contribution is 2.29. The molecule has 0 spiro atoms. The zero-order chi connectivity index (χ0) is 23.6. The van der Waals surface area contributed by atoms with Crippen LogP contribution >= 0.6 is 0 Å². The van der Waals surface area contributed by atoms with Crippen molar-refractivity contribution in [2.75, 3.05) is 0 Å². The second-order valence-corrected chi connectivity index (χ2v) is 8.55. The van der Waals surface area contributed by atoms with Crippen molar-refractivity contribution in [1.82, 2.24) is 4.98 Å². The molecule has 0 bridgehead atoms. The monoisotopic (exact) mass is 454 g/mol. The van der Waals surface area contributed by atoms with Crippen LogP contribution in [-0.2, 0) is 6.42 Å². The molecule has 168 valence electrons. The van der Waals surface area contributed by atoms with Crippen LogP contribution in [0.15, 0.2) is 119 Å². The van der Waals surface area contributed by atoms with Crippen molar-refractivity contribution in [2.24, 2.45) is 4.99 Å². The smallest absolute Gasteiger partial charge is 0.227 e. The zero-order valence-electron chi connectivity index (χ0n) is 18.9. The molecule has 4 heteroatoms. The lowest BCUT2D eigenvalue weighted by Gasteiger charge is -2.05. The van der Waals surface area contributed by atoms with Crippen molar-refractivity contribution in [3.63, 3.8) is 0 Å². The number of hydrogen-bond acceptors (Lipinski definition) is 4. The average Bonchev–Trinajstić information content (AvgIpc) is 3.33.